The first-order valence-corrected chi connectivity index (χ1v) is 3.75. The summed E-state index contributed by atoms with van der Waals surface area (Å²) in [6, 6.07) is 3.92. The number of nitrogens with two attached hydrogens (primary N) is 1. The van der Waals surface area contributed by atoms with E-state index in [1.807, 2.05) is 19.1 Å². The van der Waals surface area contributed by atoms with Gasteiger partial charge in [0.15, 0.2) is 0 Å². The second-order valence-electron chi connectivity index (χ2n) is 2.54. The number of aromatic nitrogens is 1. The lowest BCUT2D eigenvalue weighted by Crippen LogP contribution is -1.90. The first kappa shape index (κ1) is 8.53. The Labute approximate surface area is 72.4 Å². The predicted octanol–water partition coefficient (Wildman–Crippen LogP) is 1.88. The summed E-state index contributed by atoms with van der Waals surface area (Å²) in [7, 11) is 0. The Kier molecular flexibility index (Phi) is 2.64. The Balaban J connectivity index is 3.10. The summed E-state index contributed by atoms with van der Waals surface area (Å²) >= 11 is 0. The molecule has 0 spiro atoms. The van der Waals surface area contributed by atoms with Gasteiger partial charge in [0, 0.05) is 18.0 Å². The van der Waals surface area contributed by atoms with Gasteiger partial charge in [-0.05, 0) is 24.6 Å². The molecular weight excluding hydrogens is 148 g/mol. The molecule has 0 aliphatic rings. The van der Waals surface area contributed by atoms with Crippen molar-refractivity contribution in [1.29, 1.82) is 0 Å². The number of allylic oxidation sites excluding steroid dienone is 2. The number of aryl methyl sites for hydroxylation is 1. The molecule has 0 aliphatic heterocycles. The third-order valence-electron chi connectivity index (χ3n) is 1.61. The summed E-state index contributed by atoms with van der Waals surface area (Å²) in [6.07, 6.45) is 4.97. The highest BCUT2D eigenvalue weighted by Gasteiger charge is 1.96. The van der Waals surface area contributed by atoms with Crippen molar-refractivity contribution in [3.63, 3.8) is 0 Å². The number of pyridine rings is 1. The summed E-state index contributed by atoms with van der Waals surface area (Å²) in [4.78, 5) is 4.16. The molecule has 0 atom stereocenters. The number of rotatable bonds is 2. The molecule has 1 heterocycles. The van der Waals surface area contributed by atoms with E-state index < -0.39 is 0 Å². The van der Waals surface area contributed by atoms with Crippen LogP contribution in [0.4, 0.5) is 0 Å². The van der Waals surface area contributed by atoms with Crippen molar-refractivity contribution in [2.45, 2.75) is 6.92 Å². The topological polar surface area (TPSA) is 38.9 Å². The minimum atomic E-state index is 0.860. The minimum absolute atomic E-state index is 0.860. The fourth-order valence-corrected chi connectivity index (χ4v) is 0.952. The summed E-state index contributed by atoms with van der Waals surface area (Å²) < 4.78 is 0. The zero-order chi connectivity index (χ0) is 8.97. The molecule has 0 aromatic carbocycles. The SMILES string of the molecule is C=C/C(=C/N)c1cc(C)ccn1. The van der Waals surface area contributed by atoms with Crippen molar-refractivity contribution in [2.75, 3.05) is 0 Å². The van der Waals surface area contributed by atoms with Crippen LogP contribution < -0.4 is 5.73 Å². The van der Waals surface area contributed by atoms with Gasteiger partial charge in [0.2, 0.25) is 0 Å². The van der Waals surface area contributed by atoms with E-state index in [0.29, 0.717) is 0 Å². The van der Waals surface area contributed by atoms with E-state index >= 15 is 0 Å². The zero-order valence-electron chi connectivity index (χ0n) is 7.12. The van der Waals surface area contributed by atoms with Crippen LogP contribution in [-0.2, 0) is 0 Å². The number of hydrogen-bond donors (Lipinski definition) is 1. The van der Waals surface area contributed by atoms with Crippen molar-refractivity contribution >= 4 is 5.57 Å². The van der Waals surface area contributed by atoms with Gasteiger partial charge in [0.25, 0.3) is 0 Å². The summed E-state index contributed by atoms with van der Waals surface area (Å²) in [6.45, 7) is 5.67. The molecule has 0 radical (unpaired) electrons. The van der Waals surface area contributed by atoms with Crippen molar-refractivity contribution in [2.24, 2.45) is 5.73 Å². The summed E-state index contributed by atoms with van der Waals surface area (Å²) in [5.41, 5.74) is 8.29. The van der Waals surface area contributed by atoms with E-state index in [1.165, 1.54) is 11.8 Å². The average Bonchev–Trinajstić information content (AvgIpc) is 2.07. The highest BCUT2D eigenvalue weighted by molar-refractivity contribution is 5.70. The highest BCUT2D eigenvalue weighted by atomic mass is 14.7. The maximum absolute atomic E-state index is 5.39. The lowest BCUT2D eigenvalue weighted by molar-refractivity contribution is 1.24. The molecule has 62 valence electrons. The lowest BCUT2D eigenvalue weighted by Gasteiger charge is -2.00. The van der Waals surface area contributed by atoms with Crippen molar-refractivity contribution in [3.05, 3.63) is 48.4 Å². The Morgan fingerprint density at radius 3 is 2.92 bits per heavy atom. The molecule has 0 unspecified atom stereocenters. The van der Waals surface area contributed by atoms with Gasteiger partial charge < -0.3 is 5.73 Å². The molecule has 0 saturated heterocycles. The standard InChI is InChI=1S/C10H12N2/c1-3-9(7-11)10-6-8(2)4-5-12-10/h3-7H,1,11H2,2H3/b9-7-. The van der Waals surface area contributed by atoms with Crippen LogP contribution >= 0.6 is 0 Å². The first-order valence-electron chi connectivity index (χ1n) is 3.75. The van der Waals surface area contributed by atoms with E-state index in [9.17, 15) is 0 Å². The molecule has 0 bridgehead atoms. The van der Waals surface area contributed by atoms with Gasteiger partial charge >= 0.3 is 0 Å². The fourth-order valence-electron chi connectivity index (χ4n) is 0.952. The Hall–Kier alpha value is -1.57. The smallest absolute Gasteiger partial charge is 0.0718 e. The third kappa shape index (κ3) is 1.72. The molecule has 1 aromatic rings. The van der Waals surface area contributed by atoms with E-state index in [1.54, 1.807) is 12.3 Å². The monoisotopic (exact) mass is 160 g/mol. The number of hydrogen-bond acceptors (Lipinski definition) is 2. The van der Waals surface area contributed by atoms with E-state index in [2.05, 4.69) is 11.6 Å². The molecule has 0 amide bonds. The van der Waals surface area contributed by atoms with Crippen LogP contribution in [0.15, 0.2) is 37.2 Å². The molecule has 2 nitrogen and oxygen atoms in total. The largest absolute Gasteiger partial charge is 0.404 e. The van der Waals surface area contributed by atoms with Crippen molar-refractivity contribution in [3.8, 4) is 0 Å². The van der Waals surface area contributed by atoms with Crippen molar-refractivity contribution in [1.82, 2.24) is 4.98 Å². The van der Waals surface area contributed by atoms with Gasteiger partial charge in [-0.2, -0.15) is 0 Å². The van der Waals surface area contributed by atoms with Crippen LogP contribution in [0.3, 0.4) is 0 Å². The van der Waals surface area contributed by atoms with Gasteiger partial charge in [-0.25, -0.2) is 0 Å². The molecule has 12 heavy (non-hydrogen) atoms. The normalized spacial score (nSPS) is 11.2. The Morgan fingerprint density at radius 2 is 2.42 bits per heavy atom. The molecule has 1 aromatic heterocycles. The van der Waals surface area contributed by atoms with E-state index in [0.717, 1.165) is 11.3 Å². The average molecular weight is 160 g/mol. The number of nitrogens with zero attached hydrogens (tertiary/aromatic N) is 1. The molecule has 0 aliphatic carbocycles. The minimum Gasteiger partial charge on any atom is -0.404 e. The predicted molar refractivity (Wildman–Crippen MR) is 51.3 cm³/mol. The maximum Gasteiger partial charge on any atom is 0.0718 e. The molecular formula is C10H12N2. The van der Waals surface area contributed by atoms with E-state index in [-0.39, 0.29) is 0 Å². The van der Waals surface area contributed by atoms with Crippen LogP contribution in [0.1, 0.15) is 11.3 Å². The van der Waals surface area contributed by atoms with Gasteiger partial charge in [0.05, 0.1) is 5.69 Å². The fraction of sp³-hybridized carbons (Fsp3) is 0.100. The quantitative estimate of drug-likeness (QED) is 0.671. The second-order valence-corrected chi connectivity index (χ2v) is 2.54. The van der Waals surface area contributed by atoms with E-state index in [4.69, 9.17) is 5.73 Å². The summed E-state index contributed by atoms with van der Waals surface area (Å²) in [5, 5.41) is 0. The Bertz CT molecular complexity index is 313. The molecule has 0 saturated carbocycles. The van der Waals surface area contributed by atoms with Gasteiger partial charge in [0.1, 0.15) is 0 Å². The molecule has 0 fully saturated rings. The Morgan fingerprint density at radius 1 is 1.67 bits per heavy atom. The molecule has 2 N–H and O–H groups in total. The van der Waals surface area contributed by atoms with Crippen LogP contribution in [-0.4, -0.2) is 4.98 Å². The van der Waals surface area contributed by atoms with Gasteiger partial charge in [-0.1, -0.05) is 12.7 Å². The maximum atomic E-state index is 5.39. The lowest BCUT2D eigenvalue weighted by atomic mass is 10.1. The van der Waals surface area contributed by atoms with Gasteiger partial charge in [-0.3, -0.25) is 4.98 Å². The highest BCUT2D eigenvalue weighted by Crippen LogP contribution is 2.11. The van der Waals surface area contributed by atoms with Gasteiger partial charge in [-0.15, -0.1) is 0 Å². The second kappa shape index (κ2) is 3.72. The third-order valence-corrected chi connectivity index (χ3v) is 1.61. The van der Waals surface area contributed by atoms with Crippen LogP contribution in [0.25, 0.3) is 5.57 Å². The van der Waals surface area contributed by atoms with Crippen molar-refractivity contribution < 1.29 is 0 Å². The van der Waals surface area contributed by atoms with Crippen LogP contribution in [0.2, 0.25) is 0 Å². The summed E-state index contributed by atoms with van der Waals surface area (Å²) in [5.74, 6) is 0. The van der Waals surface area contributed by atoms with Crippen LogP contribution in [0, 0.1) is 6.92 Å². The zero-order valence-corrected chi connectivity index (χ0v) is 7.12. The van der Waals surface area contributed by atoms with Crippen LogP contribution in [0.5, 0.6) is 0 Å². The molecule has 1 rings (SSSR count). The first-order chi connectivity index (χ1) is 5.77. The molecule has 2 heteroatoms.